The van der Waals surface area contributed by atoms with Crippen LogP contribution in [0.15, 0.2) is 12.3 Å². The van der Waals surface area contributed by atoms with E-state index in [0.29, 0.717) is 12.4 Å². The SMILES string of the molecule is Cc1cc([N+](=O)[O-])cnc1N1CCCCO1. The first-order chi connectivity index (χ1) is 7.68. The summed E-state index contributed by atoms with van der Waals surface area (Å²) in [5, 5.41) is 12.3. The van der Waals surface area contributed by atoms with Crippen molar-refractivity contribution in [2.24, 2.45) is 0 Å². The Hall–Kier alpha value is -1.69. The van der Waals surface area contributed by atoms with E-state index in [-0.39, 0.29) is 5.69 Å². The molecule has 1 aromatic heterocycles. The van der Waals surface area contributed by atoms with Crippen LogP contribution in [0.2, 0.25) is 0 Å². The van der Waals surface area contributed by atoms with Crippen molar-refractivity contribution in [3.05, 3.63) is 27.9 Å². The number of aryl methyl sites for hydroxylation is 1. The molecule has 1 fully saturated rings. The number of nitrogens with zero attached hydrogens (tertiary/aromatic N) is 3. The van der Waals surface area contributed by atoms with Crippen molar-refractivity contribution in [2.45, 2.75) is 19.8 Å². The van der Waals surface area contributed by atoms with Crippen LogP contribution in [-0.2, 0) is 4.84 Å². The lowest BCUT2D eigenvalue weighted by Gasteiger charge is -2.27. The van der Waals surface area contributed by atoms with Crippen molar-refractivity contribution in [1.29, 1.82) is 0 Å². The molecule has 0 spiro atoms. The molecule has 0 aliphatic carbocycles. The van der Waals surface area contributed by atoms with Gasteiger partial charge in [0.25, 0.3) is 5.69 Å². The van der Waals surface area contributed by atoms with Crippen LogP contribution < -0.4 is 5.06 Å². The van der Waals surface area contributed by atoms with Gasteiger partial charge in [0.05, 0.1) is 11.5 Å². The highest BCUT2D eigenvalue weighted by Crippen LogP contribution is 2.23. The van der Waals surface area contributed by atoms with Crippen LogP contribution in [0.4, 0.5) is 11.5 Å². The zero-order chi connectivity index (χ0) is 11.5. The van der Waals surface area contributed by atoms with Gasteiger partial charge < -0.3 is 0 Å². The highest BCUT2D eigenvalue weighted by molar-refractivity contribution is 5.48. The first-order valence-corrected chi connectivity index (χ1v) is 5.20. The molecular formula is C10H13N3O3. The van der Waals surface area contributed by atoms with E-state index in [0.717, 1.165) is 24.9 Å². The van der Waals surface area contributed by atoms with Crippen molar-refractivity contribution in [2.75, 3.05) is 18.2 Å². The summed E-state index contributed by atoms with van der Waals surface area (Å²) in [6.07, 6.45) is 3.36. The van der Waals surface area contributed by atoms with Gasteiger partial charge in [0.1, 0.15) is 6.20 Å². The Balaban J connectivity index is 2.24. The van der Waals surface area contributed by atoms with Crippen LogP contribution in [0.5, 0.6) is 0 Å². The van der Waals surface area contributed by atoms with E-state index in [1.807, 2.05) is 0 Å². The lowest BCUT2D eigenvalue weighted by molar-refractivity contribution is -0.385. The Morgan fingerprint density at radius 2 is 2.38 bits per heavy atom. The first kappa shape index (κ1) is 10.8. The maximum absolute atomic E-state index is 10.6. The molecule has 0 aromatic carbocycles. The zero-order valence-corrected chi connectivity index (χ0v) is 9.05. The number of hydrogen-bond donors (Lipinski definition) is 0. The van der Waals surface area contributed by atoms with Gasteiger partial charge in [0.15, 0.2) is 5.82 Å². The molecule has 1 saturated heterocycles. The fourth-order valence-corrected chi connectivity index (χ4v) is 1.68. The second kappa shape index (κ2) is 4.44. The molecule has 0 bridgehead atoms. The van der Waals surface area contributed by atoms with Gasteiger partial charge in [0.2, 0.25) is 0 Å². The lowest BCUT2D eigenvalue weighted by Crippen LogP contribution is -2.31. The number of aromatic nitrogens is 1. The minimum absolute atomic E-state index is 0.0123. The summed E-state index contributed by atoms with van der Waals surface area (Å²) in [7, 11) is 0. The topological polar surface area (TPSA) is 68.5 Å². The molecule has 2 rings (SSSR count). The van der Waals surface area contributed by atoms with Crippen LogP contribution in [0.3, 0.4) is 0 Å². The zero-order valence-electron chi connectivity index (χ0n) is 9.05. The quantitative estimate of drug-likeness (QED) is 0.565. The average Bonchev–Trinajstić information content (AvgIpc) is 2.30. The average molecular weight is 223 g/mol. The van der Waals surface area contributed by atoms with Gasteiger partial charge in [0, 0.05) is 18.2 Å². The van der Waals surface area contributed by atoms with E-state index in [9.17, 15) is 10.1 Å². The van der Waals surface area contributed by atoms with Crippen LogP contribution >= 0.6 is 0 Å². The third kappa shape index (κ3) is 2.11. The highest BCUT2D eigenvalue weighted by Gasteiger charge is 2.17. The summed E-state index contributed by atoms with van der Waals surface area (Å²) >= 11 is 0. The monoisotopic (exact) mass is 223 g/mol. The van der Waals surface area contributed by atoms with E-state index in [1.165, 1.54) is 12.3 Å². The number of anilines is 1. The molecule has 0 radical (unpaired) electrons. The number of hydrogen-bond acceptors (Lipinski definition) is 5. The summed E-state index contributed by atoms with van der Waals surface area (Å²) in [5.74, 6) is 0.672. The third-order valence-electron chi connectivity index (χ3n) is 2.49. The molecule has 1 aliphatic heterocycles. The van der Waals surface area contributed by atoms with Gasteiger partial charge in [-0.15, -0.1) is 0 Å². The van der Waals surface area contributed by atoms with Crippen molar-refractivity contribution in [3.8, 4) is 0 Å². The summed E-state index contributed by atoms with van der Waals surface area (Å²) in [6, 6.07) is 1.51. The number of nitro groups is 1. The minimum Gasteiger partial charge on any atom is -0.272 e. The van der Waals surface area contributed by atoms with E-state index in [1.54, 1.807) is 12.0 Å². The molecule has 6 heteroatoms. The molecule has 0 saturated carbocycles. The van der Waals surface area contributed by atoms with E-state index in [4.69, 9.17) is 4.84 Å². The van der Waals surface area contributed by atoms with Crippen molar-refractivity contribution in [3.63, 3.8) is 0 Å². The van der Waals surface area contributed by atoms with Crippen LogP contribution in [0.25, 0.3) is 0 Å². The largest absolute Gasteiger partial charge is 0.287 e. The van der Waals surface area contributed by atoms with Gasteiger partial charge in [-0.1, -0.05) is 0 Å². The summed E-state index contributed by atoms with van der Waals surface area (Å²) in [5.41, 5.74) is 0.773. The standard InChI is InChI=1S/C10H13N3O3/c1-8-6-9(13(14)15)7-11-10(8)12-4-2-3-5-16-12/h6-7H,2-5H2,1H3. The summed E-state index contributed by atoms with van der Waals surface area (Å²) in [6.45, 7) is 3.26. The Morgan fingerprint density at radius 1 is 1.56 bits per heavy atom. The molecule has 16 heavy (non-hydrogen) atoms. The fourth-order valence-electron chi connectivity index (χ4n) is 1.68. The van der Waals surface area contributed by atoms with Gasteiger partial charge in [-0.25, -0.2) is 10.0 Å². The molecule has 6 nitrogen and oxygen atoms in total. The van der Waals surface area contributed by atoms with E-state index < -0.39 is 4.92 Å². The summed E-state index contributed by atoms with van der Waals surface area (Å²) in [4.78, 5) is 19.6. The van der Waals surface area contributed by atoms with Gasteiger partial charge in [-0.2, -0.15) is 0 Å². The summed E-state index contributed by atoms with van der Waals surface area (Å²) < 4.78 is 0. The molecule has 0 unspecified atom stereocenters. The van der Waals surface area contributed by atoms with Crippen molar-refractivity contribution >= 4 is 11.5 Å². The van der Waals surface area contributed by atoms with Gasteiger partial charge in [-0.05, 0) is 19.8 Å². The van der Waals surface area contributed by atoms with Crippen LogP contribution in [0.1, 0.15) is 18.4 Å². The predicted molar refractivity (Wildman–Crippen MR) is 58.2 cm³/mol. The van der Waals surface area contributed by atoms with Crippen LogP contribution in [0, 0.1) is 17.0 Å². The maximum Gasteiger partial charge on any atom is 0.287 e. The molecule has 86 valence electrons. The molecule has 2 heterocycles. The fraction of sp³-hybridized carbons (Fsp3) is 0.500. The number of rotatable bonds is 2. The Kier molecular flexibility index (Phi) is 3.00. The maximum atomic E-state index is 10.6. The normalized spacial score (nSPS) is 16.2. The second-order valence-corrected chi connectivity index (χ2v) is 3.73. The molecule has 0 atom stereocenters. The molecule has 0 amide bonds. The van der Waals surface area contributed by atoms with E-state index >= 15 is 0 Å². The Morgan fingerprint density at radius 3 is 2.94 bits per heavy atom. The smallest absolute Gasteiger partial charge is 0.272 e. The number of pyridine rings is 1. The minimum atomic E-state index is -0.444. The van der Waals surface area contributed by atoms with Crippen molar-refractivity contribution < 1.29 is 9.76 Å². The predicted octanol–water partition coefficient (Wildman–Crippen LogP) is 1.83. The first-order valence-electron chi connectivity index (χ1n) is 5.20. The third-order valence-corrected chi connectivity index (χ3v) is 2.49. The highest BCUT2D eigenvalue weighted by atomic mass is 16.7. The van der Waals surface area contributed by atoms with Crippen molar-refractivity contribution in [1.82, 2.24) is 4.98 Å². The molecule has 1 aromatic rings. The Bertz CT molecular complexity index is 402. The lowest BCUT2D eigenvalue weighted by atomic mass is 10.2. The molecular weight excluding hydrogens is 210 g/mol. The van der Waals surface area contributed by atoms with Gasteiger partial charge >= 0.3 is 0 Å². The molecule has 1 aliphatic rings. The molecule has 0 N–H and O–H groups in total. The number of hydroxylamine groups is 1. The van der Waals surface area contributed by atoms with Crippen LogP contribution in [-0.4, -0.2) is 23.1 Å². The Labute approximate surface area is 93.0 Å². The second-order valence-electron chi connectivity index (χ2n) is 3.73. The van der Waals surface area contributed by atoms with Gasteiger partial charge in [-0.3, -0.25) is 15.0 Å². The van der Waals surface area contributed by atoms with E-state index in [2.05, 4.69) is 4.98 Å².